The van der Waals surface area contributed by atoms with Gasteiger partial charge in [-0.05, 0) is 44.1 Å². The Balaban J connectivity index is 1.42. The zero-order chi connectivity index (χ0) is 17.2. The summed E-state index contributed by atoms with van der Waals surface area (Å²) in [6, 6.07) is 9.86. The van der Waals surface area contributed by atoms with Gasteiger partial charge in [-0.3, -0.25) is 9.69 Å². The molecule has 0 aliphatic carbocycles. The Morgan fingerprint density at radius 3 is 2.56 bits per heavy atom. The minimum atomic E-state index is 0.380. The van der Waals surface area contributed by atoms with E-state index >= 15 is 0 Å². The van der Waals surface area contributed by atoms with E-state index in [4.69, 9.17) is 4.74 Å². The second-order valence-electron chi connectivity index (χ2n) is 8.02. The molecule has 4 rings (SSSR count). The first-order valence-corrected chi connectivity index (χ1v) is 9.87. The van der Waals surface area contributed by atoms with Crippen molar-refractivity contribution in [1.29, 1.82) is 0 Å². The summed E-state index contributed by atoms with van der Waals surface area (Å²) < 4.78 is 5.48. The Kier molecular flexibility index (Phi) is 5.09. The van der Waals surface area contributed by atoms with Gasteiger partial charge in [-0.1, -0.05) is 29.8 Å². The van der Waals surface area contributed by atoms with E-state index in [1.165, 1.54) is 11.1 Å². The first-order valence-electron chi connectivity index (χ1n) is 9.87. The summed E-state index contributed by atoms with van der Waals surface area (Å²) in [7, 11) is 0. The predicted molar refractivity (Wildman–Crippen MR) is 98.3 cm³/mol. The molecule has 3 heterocycles. The van der Waals surface area contributed by atoms with Crippen LogP contribution in [0.4, 0.5) is 0 Å². The standard InChI is InChI=1S/C21H30N2O2/c1-16-2-4-17(5-3-16)14-22-11-8-20-19(22)6-7-21(24)23(20)15-18-9-12-25-13-10-18/h2-5,18-20H,6-15H2,1H3/t19-,20-/m0/s1. The Hall–Kier alpha value is -1.39. The van der Waals surface area contributed by atoms with Crippen LogP contribution in [-0.4, -0.2) is 54.1 Å². The van der Waals surface area contributed by atoms with E-state index < -0.39 is 0 Å². The van der Waals surface area contributed by atoms with Gasteiger partial charge < -0.3 is 9.64 Å². The summed E-state index contributed by atoms with van der Waals surface area (Å²) in [5.41, 5.74) is 2.70. The molecule has 0 unspecified atom stereocenters. The Morgan fingerprint density at radius 1 is 1.04 bits per heavy atom. The number of fused-ring (bicyclic) bond motifs is 1. The van der Waals surface area contributed by atoms with Crippen molar-refractivity contribution in [2.24, 2.45) is 5.92 Å². The SMILES string of the molecule is Cc1ccc(CN2CC[C@H]3[C@@H]2CCC(=O)N3CC2CCOCC2)cc1. The molecule has 0 saturated carbocycles. The number of amides is 1. The fourth-order valence-electron chi connectivity index (χ4n) is 4.81. The highest BCUT2D eigenvalue weighted by molar-refractivity contribution is 5.77. The third kappa shape index (κ3) is 3.75. The number of carbonyl (C=O) groups is 1. The molecule has 0 aromatic heterocycles. The lowest BCUT2D eigenvalue weighted by atomic mass is 9.92. The lowest BCUT2D eigenvalue weighted by molar-refractivity contribution is -0.139. The van der Waals surface area contributed by atoms with E-state index in [9.17, 15) is 4.79 Å². The Labute approximate surface area is 151 Å². The lowest BCUT2D eigenvalue weighted by Gasteiger charge is -2.42. The molecule has 0 bridgehead atoms. The van der Waals surface area contributed by atoms with Gasteiger partial charge >= 0.3 is 0 Å². The van der Waals surface area contributed by atoms with Crippen LogP contribution >= 0.6 is 0 Å². The van der Waals surface area contributed by atoms with Gasteiger partial charge in [-0.15, -0.1) is 0 Å². The van der Waals surface area contributed by atoms with E-state index in [1.54, 1.807) is 0 Å². The van der Waals surface area contributed by atoms with Crippen LogP contribution in [0.25, 0.3) is 0 Å². The van der Waals surface area contributed by atoms with Gasteiger partial charge in [0.05, 0.1) is 0 Å². The van der Waals surface area contributed by atoms with Gasteiger partial charge in [-0.25, -0.2) is 0 Å². The van der Waals surface area contributed by atoms with Gasteiger partial charge in [-0.2, -0.15) is 0 Å². The van der Waals surface area contributed by atoms with Crippen molar-refractivity contribution in [2.75, 3.05) is 26.3 Å². The number of rotatable bonds is 4. The van der Waals surface area contributed by atoms with Crippen molar-refractivity contribution in [3.63, 3.8) is 0 Å². The third-order valence-corrected chi connectivity index (χ3v) is 6.30. The summed E-state index contributed by atoms with van der Waals surface area (Å²) in [5, 5.41) is 0. The Morgan fingerprint density at radius 2 is 1.80 bits per heavy atom. The molecule has 3 saturated heterocycles. The minimum absolute atomic E-state index is 0.380. The normalized spacial score (nSPS) is 28.4. The maximum absolute atomic E-state index is 12.6. The molecule has 3 aliphatic rings. The van der Waals surface area contributed by atoms with E-state index in [-0.39, 0.29) is 0 Å². The average Bonchev–Trinajstić information content (AvgIpc) is 3.03. The highest BCUT2D eigenvalue weighted by Gasteiger charge is 2.43. The molecular formula is C21H30N2O2. The molecule has 0 radical (unpaired) electrons. The van der Waals surface area contributed by atoms with Gasteiger partial charge in [0.15, 0.2) is 0 Å². The molecule has 25 heavy (non-hydrogen) atoms. The molecule has 3 aliphatic heterocycles. The molecule has 136 valence electrons. The molecule has 4 heteroatoms. The molecule has 1 aromatic carbocycles. The van der Waals surface area contributed by atoms with Crippen LogP contribution in [0.5, 0.6) is 0 Å². The van der Waals surface area contributed by atoms with Gasteiger partial charge in [0.25, 0.3) is 0 Å². The molecule has 2 atom stereocenters. The number of benzene rings is 1. The van der Waals surface area contributed by atoms with Crippen LogP contribution in [-0.2, 0) is 16.1 Å². The molecule has 1 amide bonds. The first kappa shape index (κ1) is 17.0. The minimum Gasteiger partial charge on any atom is -0.381 e. The molecule has 0 N–H and O–H groups in total. The highest BCUT2D eigenvalue weighted by Crippen LogP contribution is 2.33. The molecular weight excluding hydrogens is 312 g/mol. The number of hydrogen-bond donors (Lipinski definition) is 0. The number of likely N-dealkylation sites (tertiary alicyclic amines) is 2. The van der Waals surface area contributed by atoms with Crippen molar-refractivity contribution in [3.05, 3.63) is 35.4 Å². The highest BCUT2D eigenvalue weighted by atomic mass is 16.5. The van der Waals surface area contributed by atoms with E-state index in [0.29, 0.717) is 23.9 Å². The van der Waals surface area contributed by atoms with E-state index in [2.05, 4.69) is 41.0 Å². The number of carbonyl (C=O) groups excluding carboxylic acids is 1. The average molecular weight is 342 g/mol. The van der Waals surface area contributed by atoms with Gasteiger partial charge in [0, 0.05) is 51.4 Å². The lowest BCUT2D eigenvalue weighted by Crippen LogP contribution is -2.53. The monoisotopic (exact) mass is 342 g/mol. The number of hydrogen-bond acceptors (Lipinski definition) is 3. The van der Waals surface area contributed by atoms with Crippen LogP contribution in [0.3, 0.4) is 0 Å². The summed E-state index contributed by atoms with van der Waals surface area (Å²) in [6.07, 6.45) is 5.09. The second-order valence-corrected chi connectivity index (χ2v) is 8.02. The molecule has 3 fully saturated rings. The summed E-state index contributed by atoms with van der Waals surface area (Å²) in [5.74, 6) is 1.01. The number of ether oxygens (including phenoxy) is 1. The van der Waals surface area contributed by atoms with Crippen molar-refractivity contribution in [1.82, 2.24) is 9.80 Å². The summed E-state index contributed by atoms with van der Waals surface area (Å²) in [4.78, 5) is 17.4. The Bertz CT molecular complexity index is 594. The number of nitrogens with zero attached hydrogens (tertiary/aromatic N) is 2. The molecule has 1 aromatic rings. The van der Waals surface area contributed by atoms with Crippen LogP contribution in [0.2, 0.25) is 0 Å². The first-order chi connectivity index (χ1) is 12.2. The molecule has 0 spiro atoms. The van der Waals surface area contributed by atoms with Gasteiger partial charge in [0.1, 0.15) is 0 Å². The third-order valence-electron chi connectivity index (χ3n) is 6.30. The second kappa shape index (κ2) is 7.46. The fraction of sp³-hybridized carbons (Fsp3) is 0.667. The maximum atomic E-state index is 12.6. The summed E-state index contributed by atoms with van der Waals surface area (Å²) in [6.45, 7) is 6.93. The molecule has 4 nitrogen and oxygen atoms in total. The summed E-state index contributed by atoms with van der Waals surface area (Å²) >= 11 is 0. The van der Waals surface area contributed by atoms with Crippen molar-refractivity contribution < 1.29 is 9.53 Å². The zero-order valence-electron chi connectivity index (χ0n) is 15.3. The largest absolute Gasteiger partial charge is 0.381 e. The topological polar surface area (TPSA) is 32.8 Å². The van der Waals surface area contributed by atoms with Crippen LogP contribution < -0.4 is 0 Å². The van der Waals surface area contributed by atoms with Crippen molar-refractivity contribution in [3.8, 4) is 0 Å². The van der Waals surface area contributed by atoms with Crippen LogP contribution in [0, 0.1) is 12.8 Å². The fourth-order valence-corrected chi connectivity index (χ4v) is 4.81. The predicted octanol–water partition coefficient (Wildman–Crippen LogP) is 2.99. The smallest absolute Gasteiger partial charge is 0.222 e. The van der Waals surface area contributed by atoms with Crippen LogP contribution in [0.1, 0.15) is 43.2 Å². The maximum Gasteiger partial charge on any atom is 0.222 e. The quantitative estimate of drug-likeness (QED) is 0.843. The number of piperidine rings is 1. The van der Waals surface area contributed by atoms with E-state index in [0.717, 1.165) is 65.0 Å². The van der Waals surface area contributed by atoms with E-state index in [1.807, 2.05) is 0 Å². The van der Waals surface area contributed by atoms with Crippen molar-refractivity contribution >= 4 is 5.91 Å². The van der Waals surface area contributed by atoms with Gasteiger partial charge in [0.2, 0.25) is 5.91 Å². The number of aryl methyl sites for hydroxylation is 1. The zero-order valence-corrected chi connectivity index (χ0v) is 15.3. The van der Waals surface area contributed by atoms with Crippen molar-refractivity contribution in [2.45, 2.75) is 57.7 Å². The van der Waals surface area contributed by atoms with Crippen LogP contribution in [0.15, 0.2) is 24.3 Å².